The van der Waals surface area contributed by atoms with Crippen LogP contribution in [0.4, 0.5) is 11.4 Å². The number of hydrogen-bond donors (Lipinski definition) is 5. The van der Waals surface area contributed by atoms with Crippen molar-refractivity contribution in [3.05, 3.63) is 162 Å². The number of thioether (sulfide) groups is 1. The van der Waals surface area contributed by atoms with Gasteiger partial charge in [0, 0.05) is 52.1 Å². The molecule has 0 aromatic heterocycles. The molecule has 0 saturated heterocycles. The fraction of sp³-hybridized carbons (Fsp3) is 0.403. The quantitative estimate of drug-likeness (QED) is 0.0102. The molecule has 0 aliphatic heterocycles. The summed E-state index contributed by atoms with van der Waals surface area (Å²) in [5.41, 5.74) is 2.12. The third-order valence-electron chi connectivity index (χ3n) is 14.7. The van der Waals surface area contributed by atoms with E-state index in [9.17, 15) is 42.0 Å². The summed E-state index contributed by atoms with van der Waals surface area (Å²) in [4.78, 5) is 91.2. The molecule has 88 heavy (non-hydrogen) atoms. The van der Waals surface area contributed by atoms with Gasteiger partial charge in [0.15, 0.2) is 0 Å². The second-order valence-electron chi connectivity index (χ2n) is 20.8. The number of anilines is 2. The maximum absolute atomic E-state index is 13.4. The van der Waals surface area contributed by atoms with Gasteiger partial charge in [-0.25, -0.2) is 22.8 Å². The van der Waals surface area contributed by atoms with Crippen LogP contribution in [0.3, 0.4) is 0 Å². The van der Waals surface area contributed by atoms with Crippen LogP contribution in [-0.2, 0) is 56.2 Å². The van der Waals surface area contributed by atoms with Gasteiger partial charge in [0.1, 0.15) is 21.9 Å². The van der Waals surface area contributed by atoms with Crippen molar-refractivity contribution in [2.75, 3.05) is 54.2 Å². The average molecular weight is 1390 g/mol. The van der Waals surface area contributed by atoms with Crippen LogP contribution in [0.15, 0.2) is 109 Å². The molecule has 2 aliphatic carbocycles. The Balaban J connectivity index is 0.000000309. The van der Waals surface area contributed by atoms with E-state index < -0.39 is 62.5 Å². The molecule has 2 atom stereocenters. The molecule has 26 heteroatoms. The van der Waals surface area contributed by atoms with Gasteiger partial charge in [-0.3, -0.25) is 24.1 Å². The molecule has 7 rings (SSSR count). The Hall–Kier alpha value is -5.32. The van der Waals surface area contributed by atoms with Crippen molar-refractivity contribution >= 4 is 156 Å². The summed E-state index contributed by atoms with van der Waals surface area (Å²) in [6.07, 6.45) is 13.2. The number of hydrogen-bond acceptors (Lipinski definition) is 14. The van der Waals surface area contributed by atoms with Gasteiger partial charge in [-0.1, -0.05) is 126 Å². The fourth-order valence-corrected chi connectivity index (χ4v) is 12.6. The molecule has 5 aromatic carbocycles. The van der Waals surface area contributed by atoms with Crippen molar-refractivity contribution in [3.63, 3.8) is 0 Å². The molecule has 17 nitrogen and oxygen atoms in total. The van der Waals surface area contributed by atoms with Gasteiger partial charge in [0.2, 0.25) is 11.8 Å². The Morgan fingerprint density at radius 3 is 1.31 bits per heavy atom. The number of methoxy groups -OCH3 is 2. The van der Waals surface area contributed by atoms with Gasteiger partial charge in [-0.05, 0) is 141 Å². The SMILES string of the molecule is COC(=O)[C@H](Cc1ccc(NC(=O)c2c(Cl)cccc2Cl)cc1)NC(=O)C1(CCCS(C)(=O)=O)CCCC1.COC(=O)[C@H](Cc1ccc(NC(=O)c2c(Cl)cccc2Cl)cc1)NC(=O)C1(CCCSC)CCCC1.ClCCl.O=C(OO)c1cccc(Cl)c1. The normalized spacial score (nSPS) is 14.3. The van der Waals surface area contributed by atoms with E-state index in [1.807, 2.05) is 0 Å². The lowest BCUT2D eigenvalue weighted by Gasteiger charge is -2.30. The van der Waals surface area contributed by atoms with Crippen LogP contribution in [0.25, 0.3) is 0 Å². The minimum absolute atomic E-state index is 0.0219. The maximum Gasteiger partial charge on any atom is 0.372 e. The summed E-state index contributed by atoms with van der Waals surface area (Å²) in [6.45, 7) is 0. The summed E-state index contributed by atoms with van der Waals surface area (Å²) < 4.78 is 33.1. The highest BCUT2D eigenvalue weighted by atomic mass is 35.5. The zero-order chi connectivity index (χ0) is 65.0. The number of rotatable bonds is 23. The first-order valence-electron chi connectivity index (χ1n) is 27.7. The lowest BCUT2D eigenvalue weighted by atomic mass is 9.80. The molecule has 4 amide bonds. The van der Waals surface area contributed by atoms with Crippen molar-refractivity contribution in [2.45, 2.75) is 102 Å². The van der Waals surface area contributed by atoms with Gasteiger partial charge in [0.05, 0.1) is 56.3 Å². The number of carbonyl (C=O) groups is 7. The maximum atomic E-state index is 13.4. The van der Waals surface area contributed by atoms with Crippen molar-refractivity contribution in [3.8, 4) is 0 Å². The predicted octanol–water partition coefficient (Wildman–Crippen LogP) is 14.4. The van der Waals surface area contributed by atoms with Gasteiger partial charge in [-0.15, -0.1) is 23.2 Å². The Labute approximate surface area is 553 Å². The number of ether oxygens (including phenoxy) is 2. The minimum atomic E-state index is -3.13. The first kappa shape index (κ1) is 75.1. The van der Waals surface area contributed by atoms with Gasteiger partial charge in [-0.2, -0.15) is 17.0 Å². The van der Waals surface area contributed by atoms with Gasteiger partial charge >= 0.3 is 17.9 Å². The topological polar surface area (TPSA) is 250 Å². The van der Waals surface area contributed by atoms with E-state index in [2.05, 4.69) is 32.4 Å². The van der Waals surface area contributed by atoms with Crippen LogP contribution in [-0.4, -0.2) is 111 Å². The second-order valence-corrected chi connectivity index (χ2v) is 26.9. The first-order chi connectivity index (χ1) is 41.9. The minimum Gasteiger partial charge on any atom is -0.467 e. The second kappa shape index (κ2) is 37.7. The monoisotopic (exact) mass is 1390 g/mol. The van der Waals surface area contributed by atoms with Crippen LogP contribution in [0.5, 0.6) is 0 Å². The van der Waals surface area contributed by atoms with Crippen LogP contribution >= 0.6 is 93.0 Å². The number of esters is 2. The van der Waals surface area contributed by atoms with Crippen LogP contribution in [0, 0.1) is 10.8 Å². The molecular formula is C62H71Cl7N4O13S2. The van der Waals surface area contributed by atoms with Crippen molar-refractivity contribution < 1.29 is 61.6 Å². The van der Waals surface area contributed by atoms with Crippen LogP contribution in [0.2, 0.25) is 25.1 Å². The third-order valence-corrected chi connectivity index (χ3v) is 17.9. The Kier molecular flexibility index (Phi) is 32.2. The van der Waals surface area contributed by atoms with Crippen LogP contribution < -0.4 is 21.3 Å². The number of alkyl halides is 2. The van der Waals surface area contributed by atoms with Crippen LogP contribution in [0.1, 0.15) is 119 Å². The molecule has 2 fully saturated rings. The van der Waals surface area contributed by atoms with E-state index in [0.29, 0.717) is 42.1 Å². The molecule has 0 heterocycles. The summed E-state index contributed by atoms with van der Waals surface area (Å²) >= 11 is 41.3. The van der Waals surface area contributed by atoms with Gasteiger partial charge < -0.3 is 30.7 Å². The van der Waals surface area contributed by atoms with Crippen molar-refractivity contribution in [1.29, 1.82) is 0 Å². The summed E-state index contributed by atoms with van der Waals surface area (Å²) in [5, 5.41) is 21.0. The molecular weight excluding hydrogens is 1320 g/mol. The number of benzene rings is 5. The van der Waals surface area contributed by atoms with E-state index >= 15 is 0 Å². The molecule has 478 valence electrons. The molecule has 2 saturated carbocycles. The average Bonchev–Trinajstić information content (AvgIpc) is 3.29. The highest BCUT2D eigenvalue weighted by Crippen LogP contribution is 2.44. The van der Waals surface area contributed by atoms with E-state index in [1.54, 1.807) is 109 Å². The van der Waals surface area contributed by atoms with Crippen molar-refractivity contribution in [1.82, 2.24) is 10.6 Å². The fourth-order valence-electron chi connectivity index (χ4n) is 10.2. The lowest BCUT2D eigenvalue weighted by Crippen LogP contribution is -2.49. The molecule has 5 aromatic rings. The summed E-state index contributed by atoms with van der Waals surface area (Å²) in [5.74, 6) is -2.01. The van der Waals surface area contributed by atoms with E-state index in [4.69, 9.17) is 95.9 Å². The highest BCUT2D eigenvalue weighted by molar-refractivity contribution is 7.98. The smallest absolute Gasteiger partial charge is 0.372 e. The predicted molar refractivity (Wildman–Crippen MR) is 351 cm³/mol. The first-order valence-corrected chi connectivity index (χ1v) is 34.2. The Morgan fingerprint density at radius 2 is 0.966 bits per heavy atom. The third kappa shape index (κ3) is 23.8. The standard InChI is InChI=1S/C27H32Cl2N2O6S.C27H32Cl2N2O4S.C7H5ClO3.CH2Cl2/c1-37-25(33)22(31-26(34)27(13-3-4-14-27)15-6-16-38(2,35)36)17-18-9-11-19(12-10-18)30-24(32)23-20(28)7-5-8-21(23)29;1-35-25(33)22(31-26(34)27(13-3-4-14-27)15-6-16-36-2)17-18-9-11-19(12-10-18)30-24(32)23-20(28)7-5-8-21(23)29;8-6-3-1-2-5(4-6)7(9)11-10;2-1-3/h5,7-12,22H,3-4,6,13-17H2,1-2H3,(H,30,32)(H,31,34);5,7-12,22H,3-4,6,13-17H2,1-2H3,(H,30,32)(H,31,34);1-4,10H;1H2/t2*22-;;/m00../s1. The number of sulfone groups is 1. The Morgan fingerprint density at radius 1 is 0.591 bits per heavy atom. The molecule has 2 aliphatic rings. The van der Waals surface area contributed by atoms with E-state index in [-0.39, 0.29) is 72.5 Å². The molecule has 5 N–H and O–H groups in total. The van der Waals surface area contributed by atoms with Crippen molar-refractivity contribution in [2.24, 2.45) is 10.8 Å². The summed E-state index contributed by atoms with van der Waals surface area (Å²) in [7, 11) is -0.541. The molecule has 0 unspecified atom stereocenters. The number of amides is 4. The molecule has 0 bridgehead atoms. The van der Waals surface area contributed by atoms with E-state index in [0.717, 1.165) is 68.2 Å². The molecule has 0 spiro atoms. The molecule has 0 radical (unpaired) electrons. The highest BCUT2D eigenvalue weighted by Gasteiger charge is 2.43. The van der Waals surface area contributed by atoms with Gasteiger partial charge in [0.25, 0.3) is 11.8 Å². The largest absolute Gasteiger partial charge is 0.467 e. The summed E-state index contributed by atoms with van der Waals surface area (Å²) in [6, 6.07) is 28.0. The zero-order valence-corrected chi connectivity index (χ0v) is 55.8. The number of halogens is 7. The zero-order valence-electron chi connectivity index (χ0n) is 48.9. The Bertz CT molecular complexity index is 3220. The number of nitrogens with one attached hydrogen (secondary N) is 4. The van der Waals surface area contributed by atoms with E-state index in [1.165, 1.54) is 32.6 Å². The lowest BCUT2D eigenvalue weighted by molar-refractivity contribution is -0.182. The number of carbonyl (C=O) groups excluding carboxylic acids is 7.